The van der Waals surface area contributed by atoms with Gasteiger partial charge in [0.05, 0.1) is 20.8 Å². The minimum atomic E-state index is -0.290. The highest BCUT2D eigenvalue weighted by molar-refractivity contribution is 9.10. The van der Waals surface area contributed by atoms with Gasteiger partial charge in [0.15, 0.2) is 11.5 Å². The second-order valence-electron chi connectivity index (χ2n) is 6.13. The van der Waals surface area contributed by atoms with Crippen LogP contribution in [0.4, 0.5) is 0 Å². The van der Waals surface area contributed by atoms with Gasteiger partial charge < -0.3 is 19.5 Å². The summed E-state index contributed by atoms with van der Waals surface area (Å²) in [6, 6.07) is 3.72. The lowest BCUT2D eigenvalue weighted by atomic mass is 9.94. The first-order valence-corrected chi connectivity index (χ1v) is 8.73. The zero-order valence-electron chi connectivity index (χ0n) is 13.4. The summed E-state index contributed by atoms with van der Waals surface area (Å²) in [5.74, 6) is 2.25. The molecule has 3 rings (SSSR count). The number of halogens is 1. The van der Waals surface area contributed by atoms with E-state index in [-0.39, 0.29) is 12.0 Å². The molecule has 0 unspecified atom stereocenters. The monoisotopic (exact) mass is 383 g/mol. The minimum Gasteiger partial charge on any atom is -0.493 e. The average molecular weight is 384 g/mol. The molecule has 2 aliphatic rings. The van der Waals surface area contributed by atoms with Crippen molar-refractivity contribution in [2.75, 3.05) is 20.8 Å². The molecule has 1 aliphatic carbocycles. The maximum absolute atomic E-state index is 12.4. The summed E-state index contributed by atoms with van der Waals surface area (Å²) in [5, 5.41) is 2.99. The predicted molar refractivity (Wildman–Crippen MR) is 89.7 cm³/mol. The summed E-state index contributed by atoms with van der Waals surface area (Å²) in [7, 11) is 3.20. The third-order valence-corrected chi connectivity index (χ3v) is 5.60. The predicted octanol–water partition coefficient (Wildman–Crippen LogP) is 2.90. The van der Waals surface area contributed by atoms with Crippen LogP contribution in [0.25, 0.3) is 0 Å². The third-order valence-electron chi connectivity index (χ3n) is 4.86. The van der Waals surface area contributed by atoms with Crippen LogP contribution in [0.2, 0.25) is 0 Å². The topological polar surface area (TPSA) is 56.8 Å². The number of amides is 1. The van der Waals surface area contributed by atoms with Gasteiger partial charge in [-0.1, -0.05) is 22.4 Å². The highest BCUT2D eigenvalue weighted by atomic mass is 79.9. The van der Waals surface area contributed by atoms with Gasteiger partial charge in [-0.2, -0.15) is 0 Å². The Labute approximate surface area is 144 Å². The number of fused-ring (bicyclic) bond motifs is 1. The summed E-state index contributed by atoms with van der Waals surface area (Å²) in [4.78, 5) is 12.4. The molecule has 6 heteroatoms. The molecule has 1 N–H and O–H groups in total. The molecule has 1 saturated heterocycles. The zero-order chi connectivity index (χ0) is 16.4. The number of nitrogens with one attached hydrogen (secondary N) is 1. The van der Waals surface area contributed by atoms with E-state index in [4.69, 9.17) is 14.2 Å². The van der Waals surface area contributed by atoms with Gasteiger partial charge >= 0.3 is 0 Å². The fourth-order valence-electron chi connectivity index (χ4n) is 3.61. The molecule has 1 aromatic carbocycles. The second kappa shape index (κ2) is 7.09. The van der Waals surface area contributed by atoms with E-state index in [1.54, 1.807) is 14.2 Å². The fourth-order valence-corrected chi connectivity index (χ4v) is 4.07. The molecule has 1 amide bonds. The average Bonchev–Trinajstić information content (AvgIpc) is 3.16. The Morgan fingerprint density at radius 3 is 2.78 bits per heavy atom. The standard InChI is InChI=1S/C17H22BrNO4/c1-21-14-6-11(13(18)7-15(14)22-2)8-19-17(20)16-12-5-3-4-10(12)9-23-16/h6-7,10,12,16H,3-5,8-9H2,1-2H3,(H,19,20)/t10-,12-,16+/m0/s1. The van der Waals surface area contributed by atoms with Gasteiger partial charge in [0.2, 0.25) is 5.91 Å². The van der Waals surface area contributed by atoms with Crippen molar-refractivity contribution >= 4 is 21.8 Å². The van der Waals surface area contributed by atoms with E-state index in [2.05, 4.69) is 21.2 Å². The molecule has 126 valence electrons. The second-order valence-corrected chi connectivity index (χ2v) is 6.98. The first kappa shape index (κ1) is 16.6. The molecule has 0 radical (unpaired) electrons. The Hall–Kier alpha value is -1.27. The quantitative estimate of drug-likeness (QED) is 0.848. The molecule has 0 spiro atoms. The molecule has 5 nitrogen and oxygen atoms in total. The molecule has 2 fully saturated rings. The summed E-state index contributed by atoms with van der Waals surface area (Å²) >= 11 is 3.51. The number of benzene rings is 1. The number of hydrogen-bond acceptors (Lipinski definition) is 4. The molecule has 0 bridgehead atoms. The smallest absolute Gasteiger partial charge is 0.249 e. The van der Waals surface area contributed by atoms with E-state index in [1.165, 1.54) is 12.8 Å². The van der Waals surface area contributed by atoms with Gasteiger partial charge in [-0.25, -0.2) is 0 Å². The molecule has 0 aromatic heterocycles. The van der Waals surface area contributed by atoms with Crippen molar-refractivity contribution in [2.45, 2.75) is 31.9 Å². The van der Waals surface area contributed by atoms with Gasteiger partial charge in [-0.05, 0) is 42.4 Å². The summed E-state index contributed by atoms with van der Waals surface area (Å²) < 4.78 is 17.2. The number of ether oxygens (including phenoxy) is 3. The van der Waals surface area contributed by atoms with Crippen LogP contribution in [0.1, 0.15) is 24.8 Å². The lowest BCUT2D eigenvalue weighted by Crippen LogP contribution is -2.37. The summed E-state index contributed by atoms with van der Waals surface area (Å²) in [5.41, 5.74) is 0.942. The van der Waals surface area contributed by atoms with Crippen LogP contribution in [0.3, 0.4) is 0 Å². The van der Waals surface area contributed by atoms with Gasteiger partial charge in [-0.15, -0.1) is 0 Å². The number of carbonyl (C=O) groups excluding carboxylic acids is 1. The van der Waals surface area contributed by atoms with E-state index in [9.17, 15) is 4.79 Å². The van der Waals surface area contributed by atoms with Crippen molar-refractivity contribution in [1.29, 1.82) is 0 Å². The van der Waals surface area contributed by atoms with Gasteiger partial charge in [0.1, 0.15) is 6.10 Å². The van der Waals surface area contributed by atoms with E-state index in [0.717, 1.165) is 23.1 Å². The number of methoxy groups -OCH3 is 2. The van der Waals surface area contributed by atoms with Crippen molar-refractivity contribution in [3.8, 4) is 11.5 Å². The molecule has 1 aliphatic heterocycles. The molecule has 23 heavy (non-hydrogen) atoms. The maximum Gasteiger partial charge on any atom is 0.249 e. The van der Waals surface area contributed by atoms with E-state index in [1.807, 2.05) is 12.1 Å². The first-order valence-electron chi connectivity index (χ1n) is 7.93. The van der Waals surface area contributed by atoms with E-state index in [0.29, 0.717) is 29.9 Å². The molecule has 1 aromatic rings. The third kappa shape index (κ3) is 3.33. The van der Waals surface area contributed by atoms with E-state index < -0.39 is 0 Å². The van der Waals surface area contributed by atoms with Gasteiger partial charge in [-0.3, -0.25) is 4.79 Å². The number of rotatable bonds is 5. The SMILES string of the molecule is COc1cc(Br)c(CNC(=O)[C@@H]2OC[C@@H]3CCC[C@@H]32)cc1OC. The molecule has 1 heterocycles. The van der Waals surface area contributed by atoms with Crippen LogP contribution in [0.5, 0.6) is 11.5 Å². The van der Waals surface area contributed by atoms with Crippen molar-refractivity contribution in [3.05, 3.63) is 22.2 Å². The minimum absolute atomic E-state index is 0.0129. The van der Waals surface area contributed by atoms with Crippen LogP contribution in [-0.4, -0.2) is 32.8 Å². The van der Waals surface area contributed by atoms with Crippen molar-refractivity contribution < 1.29 is 19.0 Å². The van der Waals surface area contributed by atoms with Crippen molar-refractivity contribution in [1.82, 2.24) is 5.32 Å². The molecular formula is C17H22BrNO4. The van der Waals surface area contributed by atoms with Gasteiger partial charge in [0.25, 0.3) is 0 Å². The fraction of sp³-hybridized carbons (Fsp3) is 0.588. The van der Waals surface area contributed by atoms with Crippen LogP contribution in [0, 0.1) is 11.8 Å². The summed E-state index contributed by atoms with van der Waals surface area (Å²) in [6.07, 6.45) is 3.21. The highest BCUT2D eigenvalue weighted by Crippen LogP contribution is 2.40. The lowest BCUT2D eigenvalue weighted by Gasteiger charge is -2.17. The Morgan fingerprint density at radius 2 is 2.04 bits per heavy atom. The van der Waals surface area contributed by atoms with Crippen molar-refractivity contribution in [2.24, 2.45) is 11.8 Å². The Kier molecular flexibility index (Phi) is 5.11. The molecule has 1 saturated carbocycles. The summed E-state index contributed by atoms with van der Waals surface area (Å²) in [6.45, 7) is 1.15. The van der Waals surface area contributed by atoms with Crippen LogP contribution >= 0.6 is 15.9 Å². The largest absolute Gasteiger partial charge is 0.493 e. The van der Waals surface area contributed by atoms with Gasteiger partial charge in [0, 0.05) is 11.0 Å². The first-order chi connectivity index (χ1) is 11.1. The molecular weight excluding hydrogens is 362 g/mol. The van der Waals surface area contributed by atoms with Crippen LogP contribution in [0.15, 0.2) is 16.6 Å². The number of carbonyl (C=O) groups is 1. The lowest BCUT2D eigenvalue weighted by molar-refractivity contribution is -0.132. The zero-order valence-corrected chi connectivity index (χ0v) is 15.0. The number of hydrogen-bond donors (Lipinski definition) is 1. The Bertz CT molecular complexity index is 592. The van der Waals surface area contributed by atoms with Crippen molar-refractivity contribution in [3.63, 3.8) is 0 Å². The van der Waals surface area contributed by atoms with E-state index >= 15 is 0 Å². The highest BCUT2D eigenvalue weighted by Gasteiger charge is 2.43. The van der Waals surface area contributed by atoms with Crippen LogP contribution < -0.4 is 14.8 Å². The Morgan fingerprint density at radius 1 is 1.30 bits per heavy atom. The maximum atomic E-state index is 12.4. The van der Waals surface area contributed by atoms with Crippen LogP contribution in [-0.2, 0) is 16.1 Å². The molecule has 3 atom stereocenters. The Balaban J connectivity index is 1.65. The normalized spacial score (nSPS) is 26.0.